The lowest BCUT2D eigenvalue weighted by molar-refractivity contribution is -0.120. The Labute approximate surface area is 185 Å². The molecule has 166 valence electrons. The summed E-state index contributed by atoms with van der Waals surface area (Å²) in [6.45, 7) is 7.77. The number of likely N-dealkylation sites (N-methyl/N-ethyl adjacent to an activating group) is 1. The lowest BCUT2D eigenvalue weighted by Crippen LogP contribution is -2.46. The van der Waals surface area contributed by atoms with Crippen LogP contribution in [0.4, 0.5) is 5.69 Å². The molecule has 1 saturated heterocycles. The molecular weight excluding hydrogens is 388 g/mol. The fourth-order valence-corrected chi connectivity index (χ4v) is 4.35. The number of carbonyl (C=O) groups is 2. The zero-order chi connectivity index (χ0) is 22.2. The Balaban J connectivity index is 1.65. The van der Waals surface area contributed by atoms with Gasteiger partial charge in [0.05, 0.1) is 6.54 Å². The molecule has 1 aliphatic heterocycles. The van der Waals surface area contributed by atoms with Crippen LogP contribution < -0.4 is 10.6 Å². The summed E-state index contributed by atoms with van der Waals surface area (Å²) in [6.07, 6.45) is 1.20. The Morgan fingerprint density at radius 2 is 1.74 bits per heavy atom. The van der Waals surface area contributed by atoms with E-state index in [1.165, 1.54) is 5.56 Å². The minimum absolute atomic E-state index is 0.00357. The number of para-hydroxylation sites is 1. The summed E-state index contributed by atoms with van der Waals surface area (Å²) < 4.78 is 0. The zero-order valence-corrected chi connectivity index (χ0v) is 18.6. The largest absolute Gasteiger partial charge is 0.370 e. The quantitative estimate of drug-likeness (QED) is 0.639. The first kappa shape index (κ1) is 23.0. The van der Waals surface area contributed by atoms with Crippen LogP contribution in [0.15, 0.2) is 60.7 Å². The first-order valence-corrected chi connectivity index (χ1v) is 11.2. The summed E-state index contributed by atoms with van der Waals surface area (Å²) >= 11 is 0. The average Bonchev–Trinajstić information content (AvgIpc) is 3.28. The third kappa shape index (κ3) is 6.15. The van der Waals surface area contributed by atoms with E-state index in [1.54, 1.807) is 4.90 Å². The molecule has 2 aromatic carbocycles. The second kappa shape index (κ2) is 11.1. The molecule has 0 bridgehead atoms. The highest BCUT2D eigenvalue weighted by atomic mass is 16.2. The van der Waals surface area contributed by atoms with Gasteiger partial charge in [-0.1, -0.05) is 55.5 Å². The number of benzene rings is 2. The number of amides is 2. The van der Waals surface area contributed by atoms with Crippen molar-refractivity contribution < 1.29 is 9.59 Å². The number of primary amides is 1. The van der Waals surface area contributed by atoms with Gasteiger partial charge in [0.2, 0.25) is 11.8 Å². The van der Waals surface area contributed by atoms with Gasteiger partial charge >= 0.3 is 0 Å². The van der Waals surface area contributed by atoms with E-state index in [0.717, 1.165) is 31.7 Å². The van der Waals surface area contributed by atoms with Crippen molar-refractivity contribution in [3.8, 4) is 0 Å². The highest BCUT2D eigenvalue weighted by Crippen LogP contribution is 2.27. The predicted molar refractivity (Wildman–Crippen MR) is 125 cm³/mol. The zero-order valence-electron chi connectivity index (χ0n) is 18.6. The van der Waals surface area contributed by atoms with Gasteiger partial charge in [-0.15, -0.1) is 0 Å². The van der Waals surface area contributed by atoms with Crippen molar-refractivity contribution in [3.05, 3.63) is 66.2 Å². The van der Waals surface area contributed by atoms with E-state index >= 15 is 0 Å². The Kier molecular flexibility index (Phi) is 8.20. The maximum Gasteiger partial charge on any atom is 0.241 e. The van der Waals surface area contributed by atoms with Crippen molar-refractivity contribution >= 4 is 17.5 Å². The molecule has 6 nitrogen and oxygen atoms in total. The van der Waals surface area contributed by atoms with Crippen molar-refractivity contribution in [2.24, 2.45) is 5.73 Å². The molecule has 6 heteroatoms. The Morgan fingerprint density at radius 1 is 1.10 bits per heavy atom. The lowest BCUT2D eigenvalue weighted by Gasteiger charge is -2.31. The summed E-state index contributed by atoms with van der Waals surface area (Å²) in [5.74, 6) is -0.397. The molecule has 0 aliphatic carbocycles. The minimum Gasteiger partial charge on any atom is -0.370 e. The molecule has 0 radical (unpaired) electrons. The number of carbonyl (C=O) groups excluding carboxylic acids is 2. The maximum absolute atomic E-state index is 13.2. The van der Waals surface area contributed by atoms with Crippen molar-refractivity contribution in [2.45, 2.75) is 38.8 Å². The number of likely N-dealkylation sites (tertiary alicyclic amines) is 1. The molecule has 2 unspecified atom stereocenters. The first-order valence-electron chi connectivity index (χ1n) is 11.2. The van der Waals surface area contributed by atoms with Gasteiger partial charge in [0.1, 0.15) is 0 Å². The molecular formula is C25H34N4O2. The van der Waals surface area contributed by atoms with Gasteiger partial charge in [-0.2, -0.15) is 0 Å². The Hall–Kier alpha value is -2.70. The molecule has 0 aromatic heterocycles. The van der Waals surface area contributed by atoms with Crippen LogP contribution in [0.1, 0.15) is 38.3 Å². The van der Waals surface area contributed by atoms with E-state index in [0.29, 0.717) is 25.2 Å². The van der Waals surface area contributed by atoms with Crippen LogP contribution in [0.25, 0.3) is 0 Å². The lowest BCUT2D eigenvalue weighted by atomic mass is 10.1. The fourth-order valence-electron chi connectivity index (χ4n) is 4.35. The minimum atomic E-state index is -0.401. The topological polar surface area (TPSA) is 69.9 Å². The van der Waals surface area contributed by atoms with E-state index in [9.17, 15) is 9.59 Å². The maximum atomic E-state index is 13.2. The summed E-state index contributed by atoms with van der Waals surface area (Å²) in [5.41, 5.74) is 7.47. The molecule has 1 heterocycles. The van der Waals surface area contributed by atoms with Crippen molar-refractivity contribution in [1.29, 1.82) is 0 Å². The molecule has 0 saturated carbocycles. The van der Waals surface area contributed by atoms with E-state index in [-0.39, 0.29) is 12.3 Å². The monoisotopic (exact) mass is 422 g/mol. The van der Waals surface area contributed by atoms with Crippen LogP contribution in [0.3, 0.4) is 0 Å². The van der Waals surface area contributed by atoms with Gasteiger partial charge in [-0.25, -0.2) is 0 Å². The van der Waals surface area contributed by atoms with Crippen LogP contribution >= 0.6 is 0 Å². The molecule has 1 fully saturated rings. The van der Waals surface area contributed by atoms with Crippen LogP contribution in [-0.2, 0) is 9.59 Å². The molecule has 31 heavy (non-hydrogen) atoms. The molecule has 2 aromatic rings. The van der Waals surface area contributed by atoms with Gasteiger partial charge in [0.15, 0.2) is 0 Å². The first-order chi connectivity index (χ1) is 15.0. The normalized spacial score (nSPS) is 17.6. The third-order valence-corrected chi connectivity index (χ3v) is 6.24. The smallest absolute Gasteiger partial charge is 0.241 e. The van der Waals surface area contributed by atoms with Gasteiger partial charge < -0.3 is 10.6 Å². The number of anilines is 1. The SMILES string of the molecule is CCN(CC(=O)N(CCC(N)=O)c1ccccc1)C1CCN(C(C)c2ccccc2)C1. The number of nitrogens with zero attached hydrogens (tertiary/aromatic N) is 3. The highest BCUT2D eigenvalue weighted by Gasteiger charge is 2.31. The molecule has 2 atom stereocenters. The van der Waals surface area contributed by atoms with E-state index < -0.39 is 5.91 Å². The molecule has 2 amide bonds. The van der Waals surface area contributed by atoms with Gasteiger partial charge in [0, 0.05) is 43.8 Å². The second-order valence-corrected chi connectivity index (χ2v) is 8.18. The van der Waals surface area contributed by atoms with Crippen LogP contribution in [0.2, 0.25) is 0 Å². The standard InChI is InChI=1S/C25H34N4O2/c1-3-27(23-14-16-28(18-23)20(2)21-10-6-4-7-11-21)19-25(31)29(17-15-24(26)30)22-12-8-5-9-13-22/h4-13,20,23H,3,14-19H2,1-2H3,(H2,26,30). The summed E-state index contributed by atoms with van der Waals surface area (Å²) in [6, 6.07) is 20.8. The molecule has 3 rings (SSSR count). The highest BCUT2D eigenvalue weighted by molar-refractivity contribution is 5.95. The average molecular weight is 423 g/mol. The van der Waals surface area contributed by atoms with Crippen LogP contribution in [-0.4, -0.2) is 60.4 Å². The van der Waals surface area contributed by atoms with Crippen molar-refractivity contribution in [3.63, 3.8) is 0 Å². The summed E-state index contributed by atoms with van der Waals surface area (Å²) in [7, 11) is 0. The number of nitrogens with two attached hydrogens (primary N) is 1. The van der Waals surface area contributed by atoms with E-state index in [4.69, 9.17) is 5.73 Å². The molecule has 1 aliphatic rings. The molecule has 0 spiro atoms. The number of rotatable bonds is 10. The number of hydrogen-bond acceptors (Lipinski definition) is 4. The Morgan fingerprint density at radius 3 is 2.35 bits per heavy atom. The predicted octanol–water partition coefficient (Wildman–Crippen LogP) is 3.05. The van der Waals surface area contributed by atoms with Crippen molar-refractivity contribution in [1.82, 2.24) is 9.80 Å². The van der Waals surface area contributed by atoms with Crippen LogP contribution in [0.5, 0.6) is 0 Å². The van der Waals surface area contributed by atoms with Gasteiger partial charge in [0.25, 0.3) is 0 Å². The third-order valence-electron chi connectivity index (χ3n) is 6.24. The van der Waals surface area contributed by atoms with E-state index in [1.807, 2.05) is 36.4 Å². The molecule has 2 N–H and O–H groups in total. The summed E-state index contributed by atoms with van der Waals surface area (Å²) in [4.78, 5) is 31.0. The van der Waals surface area contributed by atoms with E-state index in [2.05, 4.69) is 47.9 Å². The van der Waals surface area contributed by atoms with Gasteiger partial charge in [-0.05, 0) is 37.6 Å². The summed E-state index contributed by atoms with van der Waals surface area (Å²) in [5, 5.41) is 0. The fraction of sp³-hybridized carbons (Fsp3) is 0.440. The van der Waals surface area contributed by atoms with Gasteiger partial charge in [-0.3, -0.25) is 19.4 Å². The number of hydrogen-bond donors (Lipinski definition) is 1. The van der Waals surface area contributed by atoms with Crippen molar-refractivity contribution in [2.75, 3.05) is 37.6 Å². The second-order valence-electron chi connectivity index (χ2n) is 8.18. The Bertz CT molecular complexity index is 843. The van der Waals surface area contributed by atoms with Crippen LogP contribution in [0, 0.1) is 0 Å².